The first-order valence-corrected chi connectivity index (χ1v) is 9.05. The first kappa shape index (κ1) is 13.2. The smallest absolute Gasteiger partial charge is 0.214 e. The summed E-state index contributed by atoms with van der Waals surface area (Å²) < 4.78 is 23.4. The zero-order chi connectivity index (χ0) is 13.8. The van der Waals surface area contributed by atoms with E-state index in [9.17, 15) is 8.42 Å². The van der Waals surface area contributed by atoms with E-state index in [4.69, 9.17) is 12.2 Å². The van der Waals surface area contributed by atoms with Crippen LogP contribution in [0.3, 0.4) is 0 Å². The van der Waals surface area contributed by atoms with E-state index in [0.717, 1.165) is 5.01 Å². The monoisotopic (exact) mass is 318 g/mol. The molecule has 3 rings (SSSR count). The zero-order valence-corrected chi connectivity index (χ0v) is 13.0. The van der Waals surface area contributed by atoms with E-state index in [2.05, 4.69) is 15.5 Å². The second-order valence-electron chi connectivity index (χ2n) is 5.15. The highest BCUT2D eigenvalue weighted by Crippen LogP contribution is 2.33. The van der Waals surface area contributed by atoms with E-state index in [1.54, 1.807) is 0 Å². The van der Waals surface area contributed by atoms with Gasteiger partial charge in [0, 0.05) is 5.92 Å². The number of aromatic nitrogens is 2. The van der Waals surface area contributed by atoms with Crippen LogP contribution in [-0.4, -0.2) is 47.3 Å². The quantitative estimate of drug-likeness (QED) is 0.797. The third kappa shape index (κ3) is 2.23. The molecule has 6 nitrogen and oxygen atoms in total. The van der Waals surface area contributed by atoms with E-state index in [1.165, 1.54) is 11.3 Å². The van der Waals surface area contributed by atoms with Gasteiger partial charge in [-0.1, -0.05) is 25.2 Å². The van der Waals surface area contributed by atoms with Crippen LogP contribution in [0.1, 0.15) is 24.8 Å². The van der Waals surface area contributed by atoms with Crippen LogP contribution in [0.4, 0.5) is 5.13 Å². The third-order valence-corrected chi connectivity index (χ3v) is 6.57. The fraction of sp³-hybridized carbons (Fsp3) is 0.700. The number of rotatable bonds is 2. The van der Waals surface area contributed by atoms with Gasteiger partial charge in [-0.05, 0) is 12.2 Å². The molecule has 19 heavy (non-hydrogen) atoms. The molecule has 2 aliphatic heterocycles. The standard InChI is InChI=1S/C10H14N4O2S3/c1-5(2)8-12-13-10(18-8)14-7-4-19(15,16)3-6(7)11-9(14)17/h5-7H,3-4H2,1-2H3,(H,11,17)/t6-,7+/m0/s1. The van der Waals surface area contributed by atoms with Gasteiger partial charge in [-0.25, -0.2) is 8.42 Å². The maximum Gasteiger partial charge on any atom is 0.214 e. The molecule has 1 aromatic heterocycles. The van der Waals surface area contributed by atoms with Gasteiger partial charge >= 0.3 is 0 Å². The molecule has 2 aliphatic rings. The summed E-state index contributed by atoms with van der Waals surface area (Å²) in [5, 5.41) is 13.5. The molecule has 2 fully saturated rings. The first-order chi connectivity index (χ1) is 8.87. The molecule has 2 saturated heterocycles. The van der Waals surface area contributed by atoms with Crippen molar-refractivity contribution >= 4 is 43.6 Å². The normalized spacial score (nSPS) is 28.8. The van der Waals surface area contributed by atoms with E-state index in [0.29, 0.717) is 16.2 Å². The van der Waals surface area contributed by atoms with Crippen molar-refractivity contribution < 1.29 is 8.42 Å². The lowest BCUT2D eigenvalue weighted by Gasteiger charge is -2.18. The predicted molar refractivity (Wildman–Crippen MR) is 78.4 cm³/mol. The van der Waals surface area contributed by atoms with Crippen molar-refractivity contribution in [3.8, 4) is 0 Å². The third-order valence-electron chi connectivity index (χ3n) is 3.31. The van der Waals surface area contributed by atoms with Crippen molar-refractivity contribution in [1.29, 1.82) is 0 Å². The van der Waals surface area contributed by atoms with E-state index >= 15 is 0 Å². The Morgan fingerprint density at radius 2 is 2.16 bits per heavy atom. The highest BCUT2D eigenvalue weighted by atomic mass is 32.2. The van der Waals surface area contributed by atoms with Gasteiger partial charge in [0.2, 0.25) is 5.13 Å². The van der Waals surface area contributed by atoms with Crippen LogP contribution in [0.5, 0.6) is 0 Å². The van der Waals surface area contributed by atoms with Crippen LogP contribution in [0.2, 0.25) is 0 Å². The van der Waals surface area contributed by atoms with Gasteiger partial charge in [-0.15, -0.1) is 10.2 Å². The molecule has 1 aromatic rings. The fourth-order valence-corrected chi connectivity index (χ4v) is 5.62. The lowest BCUT2D eigenvalue weighted by molar-refractivity contribution is 0.600. The molecule has 2 atom stereocenters. The highest BCUT2D eigenvalue weighted by molar-refractivity contribution is 7.91. The van der Waals surface area contributed by atoms with Gasteiger partial charge in [0.05, 0.1) is 23.6 Å². The van der Waals surface area contributed by atoms with Gasteiger partial charge in [-0.2, -0.15) is 0 Å². The second-order valence-corrected chi connectivity index (χ2v) is 8.68. The summed E-state index contributed by atoms with van der Waals surface area (Å²) in [7, 11) is -2.99. The van der Waals surface area contributed by atoms with E-state index in [1.807, 2.05) is 18.7 Å². The van der Waals surface area contributed by atoms with Crippen LogP contribution < -0.4 is 10.2 Å². The Morgan fingerprint density at radius 1 is 1.42 bits per heavy atom. The van der Waals surface area contributed by atoms with Gasteiger partial charge in [0.1, 0.15) is 5.01 Å². The van der Waals surface area contributed by atoms with Crippen molar-refractivity contribution in [2.24, 2.45) is 0 Å². The van der Waals surface area contributed by atoms with Crippen LogP contribution in [0.25, 0.3) is 0 Å². The number of nitrogens with zero attached hydrogens (tertiary/aromatic N) is 3. The van der Waals surface area contributed by atoms with Gasteiger partial charge in [0.25, 0.3) is 0 Å². The Bertz CT molecular complexity index is 624. The number of fused-ring (bicyclic) bond motifs is 1. The average molecular weight is 318 g/mol. The Hall–Kier alpha value is -0.800. The summed E-state index contributed by atoms with van der Waals surface area (Å²) in [4.78, 5) is 1.81. The summed E-state index contributed by atoms with van der Waals surface area (Å²) >= 11 is 6.76. The average Bonchev–Trinajstić information content (AvgIpc) is 2.90. The van der Waals surface area contributed by atoms with E-state index < -0.39 is 9.84 Å². The number of sulfone groups is 1. The number of thiocarbonyl (C=S) groups is 1. The van der Waals surface area contributed by atoms with Gasteiger partial charge in [0.15, 0.2) is 14.9 Å². The van der Waals surface area contributed by atoms with Crippen LogP contribution >= 0.6 is 23.6 Å². The highest BCUT2D eigenvalue weighted by Gasteiger charge is 2.48. The van der Waals surface area contributed by atoms with Crippen molar-refractivity contribution in [3.63, 3.8) is 0 Å². The Morgan fingerprint density at radius 3 is 2.79 bits per heavy atom. The zero-order valence-electron chi connectivity index (χ0n) is 10.5. The maximum atomic E-state index is 11.7. The molecule has 9 heteroatoms. The molecule has 3 heterocycles. The second kappa shape index (κ2) is 4.35. The van der Waals surface area contributed by atoms with Crippen molar-refractivity contribution in [1.82, 2.24) is 15.5 Å². The number of nitrogens with one attached hydrogen (secondary N) is 1. The molecule has 0 unspecified atom stereocenters. The molecular formula is C10H14N4O2S3. The molecule has 0 aromatic carbocycles. The van der Waals surface area contributed by atoms with Crippen molar-refractivity contribution in [2.45, 2.75) is 31.8 Å². The topological polar surface area (TPSA) is 75.2 Å². The van der Waals surface area contributed by atoms with E-state index in [-0.39, 0.29) is 23.6 Å². The number of hydrogen-bond acceptors (Lipinski definition) is 6. The number of hydrogen-bond donors (Lipinski definition) is 1. The minimum atomic E-state index is -2.99. The Kier molecular flexibility index (Phi) is 3.02. The first-order valence-electron chi connectivity index (χ1n) is 6.01. The summed E-state index contributed by atoms with van der Waals surface area (Å²) in [6, 6.07) is -0.269. The molecule has 0 aliphatic carbocycles. The lowest BCUT2D eigenvalue weighted by Crippen LogP contribution is -2.36. The Balaban J connectivity index is 1.92. The van der Waals surface area contributed by atoms with Crippen LogP contribution in [0.15, 0.2) is 0 Å². The maximum absolute atomic E-state index is 11.7. The van der Waals surface area contributed by atoms with Crippen LogP contribution in [0, 0.1) is 0 Å². The molecule has 0 saturated carbocycles. The van der Waals surface area contributed by atoms with Crippen molar-refractivity contribution in [2.75, 3.05) is 16.4 Å². The fourth-order valence-electron chi connectivity index (χ4n) is 2.39. The molecule has 0 spiro atoms. The van der Waals surface area contributed by atoms with Crippen molar-refractivity contribution in [3.05, 3.63) is 5.01 Å². The van der Waals surface area contributed by atoms with Crippen LogP contribution in [-0.2, 0) is 9.84 Å². The SMILES string of the molecule is CC(C)c1nnc(N2C(=S)N[C@H]3CS(=O)(=O)C[C@H]32)s1. The lowest BCUT2D eigenvalue weighted by atomic mass is 10.2. The summed E-state index contributed by atoms with van der Waals surface area (Å²) in [6.07, 6.45) is 0. The molecule has 104 valence electrons. The molecular weight excluding hydrogens is 304 g/mol. The summed E-state index contributed by atoms with van der Waals surface area (Å²) in [5.74, 6) is 0.574. The minimum absolute atomic E-state index is 0.121. The Labute approximate surface area is 121 Å². The molecule has 0 bridgehead atoms. The predicted octanol–water partition coefficient (Wildman–Crippen LogP) is 0.522. The molecule has 0 radical (unpaired) electrons. The minimum Gasteiger partial charge on any atom is -0.356 e. The largest absolute Gasteiger partial charge is 0.356 e. The molecule has 0 amide bonds. The summed E-state index contributed by atoms with van der Waals surface area (Å²) in [5.41, 5.74) is 0. The van der Waals surface area contributed by atoms with Gasteiger partial charge in [-0.3, -0.25) is 4.90 Å². The van der Waals surface area contributed by atoms with Gasteiger partial charge < -0.3 is 5.32 Å². The molecule has 1 N–H and O–H groups in total. The number of anilines is 1. The summed E-state index contributed by atoms with van der Waals surface area (Å²) in [6.45, 7) is 4.10.